The van der Waals surface area contributed by atoms with Crippen LogP contribution in [0, 0.1) is 0 Å². The molecule has 0 heterocycles. The van der Waals surface area contributed by atoms with E-state index in [-0.39, 0.29) is 12.6 Å². The summed E-state index contributed by atoms with van der Waals surface area (Å²) in [6.07, 6.45) is 2.72. The summed E-state index contributed by atoms with van der Waals surface area (Å²) >= 11 is 0. The molecule has 0 amide bonds. The van der Waals surface area contributed by atoms with Crippen molar-refractivity contribution in [2.24, 2.45) is 5.73 Å². The molecule has 72 valence electrons. The van der Waals surface area contributed by atoms with Crippen LogP contribution in [-0.2, 0) is 4.74 Å². The lowest BCUT2D eigenvalue weighted by atomic mass is 9.84. The van der Waals surface area contributed by atoms with Crippen molar-refractivity contribution in [2.45, 2.75) is 44.3 Å². The van der Waals surface area contributed by atoms with E-state index in [9.17, 15) is 4.39 Å². The Morgan fingerprint density at radius 1 is 1.50 bits per heavy atom. The second kappa shape index (κ2) is 4.19. The molecule has 1 aliphatic rings. The average Bonchev–Trinajstić information content (AvgIpc) is 2.08. The summed E-state index contributed by atoms with van der Waals surface area (Å²) < 4.78 is 18.8. The number of ether oxygens (including phenoxy) is 1. The van der Waals surface area contributed by atoms with E-state index in [4.69, 9.17) is 10.5 Å². The smallest absolute Gasteiger partial charge is 0.134 e. The van der Waals surface area contributed by atoms with Crippen LogP contribution in [0.1, 0.15) is 32.6 Å². The number of rotatable bonds is 3. The van der Waals surface area contributed by atoms with Crippen LogP contribution in [0.4, 0.5) is 4.39 Å². The van der Waals surface area contributed by atoms with E-state index in [1.165, 1.54) is 0 Å². The lowest BCUT2D eigenvalue weighted by Crippen LogP contribution is -2.38. The van der Waals surface area contributed by atoms with E-state index in [1.807, 2.05) is 6.92 Å². The minimum atomic E-state index is -1.09. The number of nitrogens with two attached hydrogens (primary N) is 1. The molecule has 0 atom stereocenters. The van der Waals surface area contributed by atoms with Crippen molar-refractivity contribution in [3.8, 4) is 0 Å². The summed E-state index contributed by atoms with van der Waals surface area (Å²) in [6.45, 7) is 2.73. The van der Waals surface area contributed by atoms with E-state index in [0.29, 0.717) is 19.4 Å². The third-order valence-electron chi connectivity index (χ3n) is 2.49. The van der Waals surface area contributed by atoms with Gasteiger partial charge in [0.05, 0.1) is 6.61 Å². The minimum absolute atomic E-state index is 0.204. The largest absolute Gasteiger partial charge is 0.378 e. The van der Waals surface area contributed by atoms with Crippen LogP contribution in [0.5, 0.6) is 0 Å². The number of hydrogen-bond acceptors (Lipinski definition) is 2. The molecule has 2 nitrogen and oxygen atoms in total. The first-order chi connectivity index (χ1) is 5.66. The standard InChI is InChI=1S/C9H18FNO/c1-2-12-7-9(10)5-3-8(11)4-6-9/h8H,2-7,11H2,1H3. The maximum Gasteiger partial charge on any atom is 0.134 e. The molecule has 1 rings (SSSR count). The summed E-state index contributed by atoms with van der Waals surface area (Å²) in [5.41, 5.74) is 4.59. The van der Waals surface area contributed by atoms with Crippen LogP contribution in [0.3, 0.4) is 0 Å². The van der Waals surface area contributed by atoms with Crippen molar-refractivity contribution in [1.82, 2.24) is 0 Å². The highest BCUT2D eigenvalue weighted by molar-refractivity contribution is 4.87. The van der Waals surface area contributed by atoms with Crippen LogP contribution >= 0.6 is 0 Å². The zero-order valence-electron chi connectivity index (χ0n) is 7.68. The highest BCUT2D eigenvalue weighted by atomic mass is 19.1. The van der Waals surface area contributed by atoms with Crippen LogP contribution < -0.4 is 5.73 Å². The Hall–Kier alpha value is -0.150. The molecule has 0 unspecified atom stereocenters. The molecule has 0 aromatic rings. The van der Waals surface area contributed by atoms with Crippen LogP contribution in [-0.4, -0.2) is 24.9 Å². The van der Waals surface area contributed by atoms with Gasteiger partial charge in [0.25, 0.3) is 0 Å². The molecule has 1 fully saturated rings. The van der Waals surface area contributed by atoms with Crippen molar-refractivity contribution < 1.29 is 9.13 Å². The molecule has 1 saturated carbocycles. The van der Waals surface area contributed by atoms with E-state index in [2.05, 4.69) is 0 Å². The first kappa shape index (κ1) is 9.93. The SMILES string of the molecule is CCOCC1(F)CCC(N)CC1. The molecule has 0 spiro atoms. The van der Waals surface area contributed by atoms with Gasteiger partial charge in [0.15, 0.2) is 0 Å². The summed E-state index contributed by atoms with van der Waals surface area (Å²) in [7, 11) is 0. The maximum atomic E-state index is 13.8. The Morgan fingerprint density at radius 3 is 2.58 bits per heavy atom. The average molecular weight is 175 g/mol. The summed E-state index contributed by atoms with van der Waals surface area (Å²) in [4.78, 5) is 0. The molecule has 0 bridgehead atoms. The van der Waals surface area contributed by atoms with Crippen molar-refractivity contribution in [3.05, 3.63) is 0 Å². The van der Waals surface area contributed by atoms with Crippen LogP contribution in [0.2, 0.25) is 0 Å². The maximum absolute atomic E-state index is 13.8. The Morgan fingerprint density at radius 2 is 2.08 bits per heavy atom. The van der Waals surface area contributed by atoms with Gasteiger partial charge in [0, 0.05) is 12.6 Å². The van der Waals surface area contributed by atoms with Gasteiger partial charge in [-0.2, -0.15) is 0 Å². The van der Waals surface area contributed by atoms with E-state index in [0.717, 1.165) is 12.8 Å². The van der Waals surface area contributed by atoms with E-state index < -0.39 is 5.67 Å². The quantitative estimate of drug-likeness (QED) is 0.707. The molecule has 2 N–H and O–H groups in total. The van der Waals surface area contributed by atoms with Gasteiger partial charge in [0.2, 0.25) is 0 Å². The molecule has 0 radical (unpaired) electrons. The number of hydrogen-bond donors (Lipinski definition) is 1. The Balaban J connectivity index is 2.29. The highest BCUT2D eigenvalue weighted by Crippen LogP contribution is 2.31. The fraction of sp³-hybridized carbons (Fsp3) is 1.00. The molecule has 3 heteroatoms. The monoisotopic (exact) mass is 175 g/mol. The normalized spacial score (nSPS) is 36.8. The summed E-state index contributed by atoms with van der Waals surface area (Å²) in [5, 5.41) is 0. The van der Waals surface area contributed by atoms with Crippen LogP contribution in [0.15, 0.2) is 0 Å². The molecular formula is C9H18FNO. The third-order valence-corrected chi connectivity index (χ3v) is 2.49. The minimum Gasteiger partial charge on any atom is -0.378 e. The Labute approximate surface area is 73.3 Å². The summed E-state index contributed by atoms with van der Waals surface area (Å²) in [6, 6.07) is 0.204. The molecule has 0 aliphatic heterocycles. The van der Waals surface area contributed by atoms with Gasteiger partial charge in [-0.1, -0.05) is 0 Å². The van der Waals surface area contributed by atoms with Crippen molar-refractivity contribution >= 4 is 0 Å². The molecular weight excluding hydrogens is 157 g/mol. The second-order valence-corrected chi connectivity index (χ2v) is 3.63. The zero-order valence-corrected chi connectivity index (χ0v) is 7.68. The highest BCUT2D eigenvalue weighted by Gasteiger charge is 2.34. The second-order valence-electron chi connectivity index (χ2n) is 3.63. The Bertz CT molecular complexity index is 127. The molecule has 1 aliphatic carbocycles. The molecule has 0 aromatic heterocycles. The van der Waals surface area contributed by atoms with Crippen LogP contribution in [0.25, 0.3) is 0 Å². The molecule has 12 heavy (non-hydrogen) atoms. The lowest BCUT2D eigenvalue weighted by Gasteiger charge is -2.31. The first-order valence-corrected chi connectivity index (χ1v) is 4.68. The zero-order chi connectivity index (χ0) is 9.03. The fourth-order valence-electron chi connectivity index (χ4n) is 1.59. The van der Waals surface area contributed by atoms with Crippen molar-refractivity contribution in [3.63, 3.8) is 0 Å². The predicted octanol–water partition coefficient (Wildman–Crippen LogP) is 1.63. The predicted molar refractivity (Wildman–Crippen MR) is 46.8 cm³/mol. The third kappa shape index (κ3) is 2.72. The molecule has 0 aromatic carbocycles. The van der Waals surface area contributed by atoms with Crippen molar-refractivity contribution in [1.29, 1.82) is 0 Å². The summed E-state index contributed by atoms with van der Waals surface area (Å²) in [5.74, 6) is 0. The van der Waals surface area contributed by atoms with Gasteiger partial charge in [-0.25, -0.2) is 4.39 Å². The fourth-order valence-corrected chi connectivity index (χ4v) is 1.59. The Kier molecular flexibility index (Phi) is 3.47. The van der Waals surface area contributed by atoms with E-state index in [1.54, 1.807) is 0 Å². The van der Waals surface area contributed by atoms with Gasteiger partial charge in [0.1, 0.15) is 5.67 Å². The topological polar surface area (TPSA) is 35.2 Å². The van der Waals surface area contributed by atoms with Gasteiger partial charge < -0.3 is 10.5 Å². The number of alkyl halides is 1. The van der Waals surface area contributed by atoms with Crippen molar-refractivity contribution in [2.75, 3.05) is 13.2 Å². The van der Waals surface area contributed by atoms with E-state index >= 15 is 0 Å². The van der Waals surface area contributed by atoms with Gasteiger partial charge in [-0.15, -0.1) is 0 Å². The lowest BCUT2D eigenvalue weighted by molar-refractivity contribution is -0.00649. The molecule has 0 saturated heterocycles. The van der Waals surface area contributed by atoms with Gasteiger partial charge in [-0.05, 0) is 32.6 Å². The van der Waals surface area contributed by atoms with Gasteiger partial charge >= 0.3 is 0 Å². The number of halogens is 1. The first-order valence-electron chi connectivity index (χ1n) is 4.68. The van der Waals surface area contributed by atoms with Gasteiger partial charge in [-0.3, -0.25) is 0 Å².